The van der Waals surface area contributed by atoms with Crippen LogP contribution in [0.2, 0.25) is 0 Å². The van der Waals surface area contributed by atoms with Crippen LogP contribution in [-0.2, 0) is 0 Å². The summed E-state index contributed by atoms with van der Waals surface area (Å²) in [6, 6.07) is 53.1. The van der Waals surface area contributed by atoms with Gasteiger partial charge in [0.1, 0.15) is 11.2 Å². The number of hydrogen-bond donors (Lipinski definition) is 0. The van der Waals surface area contributed by atoms with Gasteiger partial charge in [-0.3, -0.25) is 4.98 Å². The third-order valence-corrected chi connectivity index (χ3v) is 10.8. The van der Waals surface area contributed by atoms with Gasteiger partial charge in [0.05, 0.1) is 11.4 Å². The van der Waals surface area contributed by atoms with Crippen molar-refractivity contribution in [3.63, 3.8) is 0 Å². The molecular formula is C47H29N3OS. The molecule has 0 radical (unpaired) electrons. The maximum Gasteiger partial charge on any atom is 0.161 e. The van der Waals surface area contributed by atoms with Crippen LogP contribution in [0.1, 0.15) is 11.1 Å². The van der Waals surface area contributed by atoms with Crippen LogP contribution in [-0.4, -0.2) is 15.0 Å². The summed E-state index contributed by atoms with van der Waals surface area (Å²) in [5, 5.41) is 2.22. The summed E-state index contributed by atoms with van der Waals surface area (Å²) in [5.41, 5.74) is 13.2. The molecular weight excluding hydrogens is 655 g/mol. The quantitative estimate of drug-likeness (QED) is 0.185. The van der Waals surface area contributed by atoms with Crippen LogP contribution in [0, 0.1) is 0 Å². The van der Waals surface area contributed by atoms with Crippen molar-refractivity contribution in [2.24, 2.45) is 0 Å². The lowest BCUT2D eigenvalue weighted by Crippen LogP contribution is -1.97. The third kappa shape index (κ3) is 5.39. The number of rotatable bonds is 3. The molecule has 244 valence electrons. The van der Waals surface area contributed by atoms with E-state index in [1.807, 2.05) is 48.7 Å². The van der Waals surface area contributed by atoms with Crippen LogP contribution in [0.15, 0.2) is 178 Å². The third-order valence-electron chi connectivity index (χ3n) is 9.63. The normalized spacial score (nSPS) is 12.7. The van der Waals surface area contributed by atoms with Gasteiger partial charge in [0.15, 0.2) is 5.82 Å². The van der Waals surface area contributed by atoms with Crippen molar-refractivity contribution >= 4 is 45.9 Å². The highest BCUT2D eigenvalue weighted by Crippen LogP contribution is 2.47. The average molecular weight is 684 g/mol. The lowest BCUT2D eigenvalue weighted by Gasteiger charge is -2.16. The van der Waals surface area contributed by atoms with Gasteiger partial charge in [0.25, 0.3) is 0 Å². The largest absolute Gasteiger partial charge is 0.456 e. The van der Waals surface area contributed by atoms with E-state index in [-0.39, 0.29) is 0 Å². The van der Waals surface area contributed by atoms with Gasteiger partial charge in [-0.25, -0.2) is 9.97 Å². The zero-order chi connectivity index (χ0) is 34.4. The average Bonchev–Trinajstić information content (AvgIpc) is 3.57. The van der Waals surface area contributed by atoms with Crippen LogP contribution >= 0.6 is 11.8 Å². The molecule has 5 heteroatoms. The Bertz CT molecular complexity index is 2770. The Morgan fingerprint density at radius 2 is 1.17 bits per heavy atom. The Morgan fingerprint density at radius 1 is 0.442 bits per heavy atom. The number of pyridine rings is 1. The molecule has 0 spiro atoms. The topological polar surface area (TPSA) is 51.8 Å². The van der Waals surface area contributed by atoms with Gasteiger partial charge in [0, 0.05) is 49.6 Å². The Balaban J connectivity index is 1.24. The van der Waals surface area contributed by atoms with Gasteiger partial charge in [-0.05, 0) is 81.9 Å². The van der Waals surface area contributed by atoms with Crippen LogP contribution in [0.4, 0.5) is 0 Å². The van der Waals surface area contributed by atoms with Gasteiger partial charge in [-0.1, -0.05) is 127 Å². The van der Waals surface area contributed by atoms with Crippen molar-refractivity contribution in [1.82, 2.24) is 15.0 Å². The zero-order valence-electron chi connectivity index (χ0n) is 27.9. The molecule has 10 rings (SSSR count). The van der Waals surface area contributed by atoms with E-state index in [4.69, 9.17) is 14.4 Å². The van der Waals surface area contributed by atoms with E-state index >= 15 is 0 Å². The molecule has 1 aliphatic rings. The highest BCUT2D eigenvalue weighted by molar-refractivity contribution is 7.99. The summed E-state index contributed by atoms with van der Waals surface area (Å²) in [7, 11) is 0. The number of furan rings is 1. The number of para-hydroxylation sites is 1. The van der Waals surface area contributed by atoms with Crippen molar-refractivity contribution in [3.8, 4) is 56.2 Å². The summed E-state index contributed by atoms with van der Waals surface area (Å²) >= 11 is 1.80. The minimum Gasteiger partial charge on any atom is -0.456 e. The van der Waals surface area contributed by atoms with Crippen LogP contribution < -0.4 is 0 Å². The van der Waals surface area contributed by atoms with E-state index in [9.17, 15) is 0 Å². The van der Waals surface area contributed by atoms with Crippen molar-refractivity contribution in [1.29, 1.82) is 0 Å². The molecule has 0 amide bonds. The minimum absolute atomic E-state index is 0.633. The molecule has 9 aromatic rings. The molecule has 0 N–H and O–H groups in total. The Hall–Kier alpha value is -6.56. The number of benzene rings is 6. The Labute approximate surface area is 305 Å². The van der Waals surface area contributed by atoms with Crippen molar-refractivity contribution < 1.29 is 4.42 Å². The number of fused-ring (bicyclic) bond motifs is 9. The van der Waals surface area contributed by atoms with Crippen molar-refractivity contribution in [2.75, 3.05) is 0 Å². The molecule has 4 heterocycles. The predicted octanol–water partition coefficient (Wildman–Crippen LogP) is 12.7. The monoisotopic (exact) mass is 683 g/mol. The van der Waals surface area contributed by atoms with Gasteiger partial charge in [-0.15, -0.1) is 0 Å². The minimum atomic E-state index is 0.633. The molecule has 0 unspecified atom stereocenters. The van der Waals surface area contributed by atoms with Gasteiger partial charge in [0.2, 0.25) is 0 Å². The lowest BCUT2D eigenvalue weighted by atomic mass is 9.93. The highest BCUT2D eigenvalue weighted by Gasteiger charge is 2.20. The molecule has 0 saturated heterocycles. The molecule has 1 aliphatic heterocycles. The summed E-state index contributed by atoms with van der Waals surface area (Å²) < 4.78 is 6.50. The second kappa shape index (κ2) is 12.6. The maximum atomic E-state index is 6.50. The molecule has 0 aliphatic carbocycles. The van der Waals surface area contributed by atoms with E-state index in [1.54, 1.807) is 18.0 Å². The first kappa shape index (κ1) is 30.3. The van der Waals surface area contributed by atoms with E-state index in [1.165, 1.54) is 21.6 Å². The summed E-state index contributed by atoms with van der Waals surface area (Å²) in [5.74, 6) is 0.633. The van der Waals surface area contributed by atoms with Gasteiger partial charge in [-0.2, -0.15) is 0 Å². The summed E-state index contributed by atoms with van der Waals surface area (Å²) in [6.07, 6.45) is 8.06. The number of nitrogens with zero attached hydrogens (tertiary/aromatic N) is 3. The summed E-state index contributed by atoms with van der Waals surface area (Å²) in [6.45, 7) is 0. The molecule has 52 heavy (non-hydrogen) atoms. The van der Waals surface area contributed by atoms with E-state index in [2.05, 4.69) is 126 Å². The fourth-order valence-electron chi connectivity index (χ4n) is 7.08. The fraction of sp³-hybridized carbons (Fsp3) is 0. The summed E-state index contributed by atoms with van der Waals surface area (Å²) in [4.78, 5) is 16.9. The number of hydrogen-bond acceptors (Lipinski definition) is 5. The van der Waals surface area contributed by atoms with Crippen molar-refractivity contribution in [2.45, 2.75) is 9.79 Å². The zero-order valence-corrected chi connectivity index (χ0v) is 28.7. The molecule has 0 fully saturated rings. The second-order valence-corrected chi connectivity index (χ2v) is 13.9. The smallest absolute Gasteiger partial charge is 0.161 e. The van der Waals surface area contributed by atoms with Crippen molar-refractivity contribution in [3.05, 3.63) is 175 Å². The molecule has 0 bridgehead atoms. The molecule has 0 saturated carbocycles. The highest BCUT2D eigenvalue weighted by atomic mass is 32.2. The number of aromatic nitrogens is 3. The van der Waals surface area contributed by atoms with Gasteiger partial charge < -0.3 is 4.42 Å². The maximum absolute atomic E-state index is 6.50. The Morgan fingerprint density at radius 3 is 2.04 bits per heavy atom. The fourth-order valence-corrected chi connectivity index (χ4v) is 8.21. The van der Waals surface area contributed by atoms with E-state index < -0.39 is 0 Å². The van der Waals surface area contributed by atoms with Crippen LogP contribution in [0.5, 0.6) is 0 Å². The first-order valence-corrected chi connectivity index (χ1v) is 18.1. The molecule has 4 nitrogen and oxygen atoms in total. The van der Waals surface area contributed by atoms with E-state index in [0.717, 1.165) is 71.6 Å². The second-order valence-electron chi connectivity index (χ2n) is 12.8. The van der Waals surface area contributed by atoms with E-state index in [0.29, 0.717) is 5.82 Å². The first-order valence-electron chi connectivity index (χ1n) is 17.2. The Kier molecular flexibility index (Phi) is 7.36. The molecule has 3 aromatic heterocycles. The lowest BCUT2D eigenvalue weighted by molar-refractivity contribution is 0.669. The van der Waals surface area contributed by atoms with Crippen LogP contribution in [0.3, 0.4) is 0 Å². The SMILES string of the molecule is C1=C\c2ccc(-c3cc(-c4ccccc4)nc(-c4cccnc4)n3)cc2-c2cc3oc4ccccc4c3cc2Sc2ccccc2-c2ccccc2/1. The molecule has 6 aromatic carbocycles. The predicted molar refractivity (Wildman–Crippen MR) is 214 cm³/mol. The molecule has 0 atom stereocenters. The standard InChI is InChI=1S/C47H29N3OS/c1-2-12-32(13-3-1)41-28-42(50-47(49-41)34-14-10-24-48-29-34)33-23-22-31-21-20-30-11-4-5-15-35(30)37-17-7-9-19-45(37)52-46-27-39-36-16-6-8-18-43(36)51-44(39)26-40(46)38(31)25-33/h1-29H/b21-20-. The van der Waals surface area contributed by atoms with Crippen LogP contribution in [0.25, 0.3) is 90.2 Å². The van der Waals surface area contributed by atoms with Gasteiger partial charge >= 0.3 is 0 Å². The first-order chi connectivity index (χ1) is 25.7.